The van der Waals surface area contributed by atoms with Crippen molar-refractivity contribution in [1.29, 1.82) is 0 Å². The lowest BCUT2D eigenvalue weighted by Gasteiger charge is -2.29. The smallest absolute Gasteiger partial charge is 0.404 e. The summed E-state index contributed by atoms with van der Waals surface area (Å²) in [6.45, 7) is 1.10. The molecule has 0 bridgehead atoms. The van der Waals surface area contributed by atoms with Crippen molar-refractivity contribution in [2.45, 2.75) is 25.3 Å². The zero-order valence-electron chi connectivity index (χ0n) is 17.9. The van der Waals surface area contributed by atoms with Crippen molar-refractivity contribution in [2.24, 2.45) is 0 Å². The molecule has 176 valence electrons. The topological polar surface area (TPSA) is 164 Å². The van der Waals surface area contributed by atoms with Crippen LogP contribution in [0, 0.1) is 0 Å². The fourth-order valence-electron chi connectivity index (χ4n) is 3.83. The standard InChI is InChI=1S/C19H24N8O5S/c1-33(31,32)25-8-3-13(4-9-25)15-11-16(26(24-15)10-6-21-19(29)30)23-18(28)14-12-22-27-7-2-5-20-17(14)27/h2,5,7,11-13,21H,3-4,6,8-10H2,1H3,(H,23,28)(H,29,30). The second-order valence-electron chi connectivity index (χ2n) is 7.75. The number of fused-ring (bicyclic) bond motifs is 1. The second-order valence-corrected chi connectivity index (χ2v) is 9.73. The van der Waals surface area contributed by atoms with Crippen LogP contribution in [0.2, 0.25) is 0 Å². The molecule has 0 radical (unpaired) electrons. The number of nitrogens with one attached hydrogen (secondary N) is 2. The summed E-state index contributed by atoms with van der Waals surface area (Å²) < 4.78 is 28.0. The van der Waals surface area contributed by atoms with Crippen molar-refractivity contribution in [3.63, 3.8) is 0 Å². The van der Waals surface area contributed by atoms with Crippen molar-refractivity contribution in [1.82, 2.24) is 34.0 Å². The normalized spacial score (nSPS) is 15.5. The third kappa shape index (κ3) is 5.12. The van der Waals surface area contributed by atoms with Crippen LogP contribution in [0.15, 0.2) is 30.7 Å². The van der Waals surface area contributed by atoms with Gasteiger partial charge in [0.1, 0.15) is 11.4 Å². The SMILES string of the molecule is CS(=O)(=O)N1CCC(c2cc(NC(=O)c3cnn4cccnc34)n(CCNC(=O)O)n2)CC1. The average Bonchev–Trinajstić information content (AvgIpc) is 3.37. The van der Waals surface area contributed by atoms with Crippen molar-refractivity contribution in [3.05, 3.63) is 42.0 Å². The van der Waals surface area contributed by atoms with Crippen LogP contribution < -0.4 is 10.6 Å². The summed E-state index contributed by atoms with van der Waals surface area (Å²) in [4.78, 5) is 27.9. The lowest BCUT2D eigenvalue weighted by Crippen LogP contribution is -2.37. The van der Waals surface area contributed by atoms with Crippen LogP contribution in [-0.2, 0) is 16.6 Å². The minimum atomic E-state index is -3.24. The Labute approximate surface area is 189 Å². The molecule has 4 heterocycles. The number of carbonyl (C=O) groups excluding carboxylic acids is 1. The predicted molar refractivity (Wildman–Crippen MR) is 118 cm³/mol. The van der Waals surface area contributed by atoms with Crippen LogP contribution in [0.25, 0.3) is 5.65 Å². The second kappa shape index (κ2) is 9.15. The van der Waals surface area contributed by atoms with Gasteiger partial charge in [0.25, 0.3) is 5.91 Å². The summed E-state index contributed by atoms with van der Waals surface area (Å²) >= 11 is 0. The molecule has 0 saturated carbocycles. The first-order chi connectivity index (χ1) is 15.7. The Morgan fingerprint density at radius 1 is 1.27 bits per heavy atom. The highest BCUT2D eigenvalue weighted by Gasteiger charge is 2.28. The Kier molecular flexibility index (Phi) is 6.29. The molecule has 1 saturated heterocycles. The van der Waals surface area contributed by atoms with E-state index in [0.717, 1.165) is 0 Å². The Morgan fingerprint density at radius 2 is 2.03 bits per heavy atom. The molecule has 2 amide bonds. The Bertz CT molecular complexity index is 1280. The number of sulfonamides is 1. The number of amides is 2. The van der Waals surface area contributed by atoms with Crippen molar-refractivity contribution in [3.8, 4) is 0 Å². The molecule has 1 aliphatic heterocycles. The average molecular weight is 477 g/mol. The molecule has 4 rings (SSSR count). The monoisotopic (exact) mass is 476 g/mol. The molecule has 0 atom stereocenters. The molecular formula is C19H24N8O5S. The Hall–Kier alpha value is -3.52. The molecule has 1 fully saturated rings. The highest BCUT2D eigenvalue weighted by atomic mass is 32.2. The maximum absolute atomic E-state index is 12.9. The number of hydrogen-bond acceptors (Lipinski definition) is 7. The van der Waals surface area contributed by atoms with Crippen LogP contribution in [0.4, 0.5) is 10.6 Å². The maximum Gasteiger partial charge on any atom is 0.404 e. The minimum absolute atomic E-state index is 0.0194. The van der Waals surface area contributed by atoms with Gasteiger partial charge in [0.15, 0.2) is 5.65 Å². The highest BCUT2D eigenvalue weighted by molar-refractivity contribution is 7.88. The number of aromatic nitrogens is 5. The van der Waals surface area contributed by atoms with Crippen molar-refractivity contribution >= 4 is 33.5 Å². The molecule has 3 aromatic rings. The Morgan fingerprint density at radius 3 is 2.73 bits per heavy atom. The van der Waals surface area contributed by atoms with E-state index in [2.05, 4.69) is 25.8 Å². The molecule has 14 heteroatoms. The van der Waals surface area contributed by atoms with Gasteiger partial charge in [-0.15, -0.1) is 0 Å². The van der Waals surface area contributed by atoms with E-state index >= 15 is 0 Å². The van der Waals surface area contributed by atoms with Gasteiger partial charge in [0, 0.05) is 44.0 Å². The maximum atomic E-state index is 12.9. The zero-order chi connectivity index (χ0) is 23.6. The van der Waals surface area contributed by atoms with Crippen LogP contribution in [0.5, 0.6) is 0 Å². The third-order valence-corrected chi connectivity index (χ3v) is 6.81. The van der Waals surface area contributed by atoms with Gasteiger partial charge in [-0.05, 0) is 18.9 Å². The lowest BCUT2D eigenvalue weighted by molar-refractivity contribution is 0.102. The summed E-state index contributed by atoms with van der Waals surface area (Å²) in [5.74, 6) is 0.00322. The van der Waals surface area contributed by atoms with Gasteiger partial charge in [-0.25, -0.2) is 31.7 Å². The number of nitrogens with zero attached hydrogens (tertiary/aromatic N) is 6. The van der Waals surface area contributed by atoms with E-state index in [9.17, 15) is 18.0 Å². The lowest BCUT2D eigenvalue weighted by atomic mass is 9.95. The molecule has 0 unspecified atom stereocenters. The van der Waals surface area contributed by atoms with E-state index in [1.54, 1.807) is 24.5 Å². The number of rotatable bonds is 7. The van der Waals surface area contributed by atoms with E-state index in [4.69, 9.17) is 5.11 Å². The Balaban J connectivity index is 1.54. The molecule has 1 aliphatic rings. The fourth-order valence-corrected chi connectivity index (χ4v) is 4.70. The fraction of sp³-hybridized carbons (Fsp3) is 0.421. The van der Waals surface area contributed by atoms with Crippen LogP contribution in [0.1, 0.15) is 34.8 Å². The third-order valence-electron chi connectivity index (χ3n) is 5.51. The van der Waals surface area contributed by atoms with Crippen molar-refractivity contribution < 1.29 is 23.1 Å². The molecule has 0 spiro atoms. The van der Waals surface area contributed by atoms with Gasteiger partial charge >= 0.3 is 6.09 Å². The summed E-state index contributed by atoms with van der Waals surface area (Å²) in [5.41, 5.74) is 1.41. The summed E-state index contributed by atoms with van der Waals surface area (Å²) in [6.07, 6.45) is 5.91. The van der Waals surface area contributed by atoms with Gasteiger partial charge in [-0.3, -0.25) is 4.79 Å². The molecule has 33 heavy (non-hydrogen) atoms. The van der Waals surface area contributed by atoms with Crippen LogP contribution >= 0.6 is 0 Å². The van der Waals surface area contributed by atoms with Gasteiger partial charge in [-0.2, -0.15) is 10.2 Å². The number of piperidine rings is 1. The first-order valence-electron chi connectivity index (χ1n) is 10.3. The number of anilines is 1. The van der Waals surface area contributed by atoms with E-state index in [1.807, 2.05) is 0 Å². The van der Waals surface area contributed by atoms with Crippen LogP contribution in [-0.4, -0.2) is 80.1 Å². The molecule has 0 aliphatic carbocycles. The van der Waals surface area contributed by atoms with Crippen molar-refractivity contribution in [2.75, 3.05) is 31.2 Å². The van der Waals surface area contributed by atoms with Gasteiger partial charge < -0.3 is 15.7 Å². The molecule has 13 nitrogen and oxygen atoms in total. The quantitative estimate of drug-likeness (QED) is 0.446. The van der Waals surface area contributed by atoms with E-state index < -0.39 is 22.0 Å². The van der Waals surface area contributed by atoms with E-state index in [1.165, 1.54) is 26.0 Å². The summed E-state index contributed by atoms with van der Waals surface area (Å²) in [7, 11) is -3.24. The van der Waals surface area contributed by atoms with Gasteiger partial charge in [0.2, 0.25) is 10.0 Å². The first kappa shape index (κ1) is 22.7. The summed E-state index contributed by atoms with van der Waals surface area (Å²) in [6, 6.07) is 3.45. The minimum Gasteiger partial charge on any atom is -0.465 e. The van der Waals surface area contributed by atoms with Crippen LogP contribution in [0.3, 0.4) is 0 Å². The predicted octanol–water partition coefficient (Wildman–Crippen LogP) is 0.585. The number of carbonyl (C=O) groups is 2. The molecule has 3 N–H and O–H groups in total. The molecule has 0 aromatic carbocycles. The number of carboxylic acid groups (broad SMARTS) is 1. The molecule has 3 aromatic heterocycles. The first-order valence-corrected chi connectivity index (χ1v) is 12.2. The van der Waals surface area contributed by atoms with Gasteiger partial charge in [-0.1, -0.05) is 0 Å². The zero-order valence-corrected chi connectivity index (χ0v) is 18.7. The largest absolute Gasteiger partial charge is 0.465 e. The molecular weight excluding hydrogens is 452 g/mol. The van der Waals surface area contributed by atoms with E-state index in [0.29, 0.717) is 43.1 Å². The number of hydrogen-bond donors (Lipinski definition) is 3. The van der Waals surface area contributed by atoms with E-state index in [-0.39, 0.29) is 24.6 Å². The van der Waals surface area contributed by atoms with Gasteiger partial charge in [0.05, 0.1) is 24.7 Å². The highest BCUT2D eigenvalue weighted by Crippen LogP contribution is 2.30. The summed E-state index contributed by atoms with van der Waals surface area (Å²) in [5, 5.41) is 22.7.